The lowest BCUT2D eigenvalue weighted by Gasteiger charge is -2.15. The fourth-order valence-corrected chi connectivity index (χ4v) is 1.61. The van der Waals surface area contributed by atoms with E-state index in [-0.39, 0.29) is 12.6 Å². The lowest BCUT2D eigenvalue weighted by atomic mass is 10.0. The molecule has 0 aliphatic rings. The predicted octanol–water partition coefficient (Wildman–Crippen LogP) is 1.96. The standard InChI is InChI=1S/C11H18ClN3O2/c1-3-8(4-5-16)6-13-10-9(12)7-14-11(15-10)17-2/h7-8,16H,3-6H2,1-2H3,(H,13,14,15). The van der Waals surface area contributed by atoms with Gasteiger partial charge in [0.1, 0.15) is 5.02 Å². The Balaban J connectivity index is 2.60. The zero-order valence-corrected chi connectivity index (χ0v) is 10.9. The first-order chi connectivity index (χ1) is 8.21. The Hall–Kier alpha value is -1.07. The van der Waals surface area contributed by atoms with Gasteiger partial charge in [-0.1, -0.05) is 24.9 Å². The first kappa shape index (κ1) is 14.0. The first-order valence-electron chi connectivity index (χ1n) is 5.62. The molecule has 2 N–H and O–H groups in total. The van der Waals surface area contributed by atoms with E-state index < -0.39 is 0 Å². The summed E-state index contributed by atoms with van der Waals surface area (Å²) in [5.41, 5.74) is 0. The average molecular weight is 260 g/mol. The van der Waals surface area contributed by atoms with Crippen molar-refractivity contribution >= 4 is 17.4 Å². The highest BCUT2D eigenvalue weighted by molar-refractivity contribution is 6.32. The Labute approximate surface area is 106 Å². The molecule has 0 saturated carbocycles. The Bertz CT molecular complexity index is 349. The third kappa shape index (κ3) is 4.36. The molecule has 96 valence electrons. The predicted molar refractivity (Wildman–Crippen MR) is 67.6 cm³/mol. The van der Waals surface area contributed by atoms with Crippen molar-refractivity contribution in [2.24, 2.45) is 5.92 Å². The summed E-state index contributed by atoms with van der Waals surface area (Å²) in [5.74, 6) is 0.965. The van der Waals surface area contributed by atoms with Crippen molar-refractivity contribution in [2.75, 3.05) is 25.6 Å². The number of halogens is 1. The molecule has 0 saturated heterocycles. The molecule has 17 heavy (non-hydrogen) atoms. The number of hydrogen-bond acceptors (Lipinski definition) is 5. The molecule has 1 heterocycles. The summed E-state index contributed by atoms with van der Waals surface area (Å²) in [4.78, 5) is 8.01. The summed E-state index contributed by atoms with van der Waals surface area (Å²) in [6.07, 6.45) is 3.26. The van der Waals surface area contributed by atoms with E-state index in [0.29, 0.717) is 16.8 Å². The van der Waals surface area contributed by atoms with Gasteiger partial charge in [-0.2, -0.15) is 4.98 Å². The van der Waals surface area contributed by atoms with E-state index in [1.165, 1.54) is 13.3 Å². The highest BCUT2D eigenvalue weighted by Gasteiger charge is 2.09. The van der Waals surface area contributed by atoms with Gasteiger partial charge in [0, 0.05) is 13.2 Å². The normalized spacial score (nSPS) is 12.2. The van der Waals surface area contributed by atoms with Crippen LogP contribution in [0.15, 0.2) is 6.20 Å². The quantitative estimate of drug-likeness (QED) is 0.784. The van der Waals surface area contributed by atoms with Gasteiger partial charge in [-0.25, -0.2) is 4.98 Å². The Kier molecular flexibility index (Phi) is 6.00. The Morgan fingerprint density at radius 2 is 2.35 bits per heavy atom. The van der Waals surface area contributed by atoms with E-state index in [0.717, 1.165) is 19.4 Å². The van der Waals surface area contributed by atoms with Crippen molar-refractivity contribution in [2.45, 2.75) is 19.8 Å². The summed E-state index contributed by atoms with van der Waals surface area (Å²) < 4.78 is 4.93. The lowest BCUT2D eigenvalue weighted by molar-refractivity contribution is 0.258. The van der Waals surface area contributed by atoms with E-state index in [4.69, 9.17) is 21.4 Å². The van der Waals surface area contributed by atoms with Crippen molar-refractivity contribution in [3.63, 3.8) is 0 Å². The molecule has 0 aliphatic carbocycles. The van der Waals surface area contributed by atoms with E-state index in [1.54, 1.807) is 0 Å². The summed E-state index contributed by atoms with van der Waals surface area (Å²) in [5, 5.41) is 12.5. The number of aromatic nitrogens is 2. The van der Waals surface area contributed by atoms with Crippen molar-refractivity contribution in [3.8, 4) is 6.01 Å². The zero-order valence-electron chi connectivity index (χ0n) is 10.1. The minimum atomic E-state index is 0.195. The SMILES string of the molecule is CCC(CCO)CNc1nc(OC)ncc1Cl. The zero-order chi connectivity index (χ0) is 12.7. The van der Waals surface area contributed by atoms with Gasteiger partial charge in [0.15, 0.2) is 5.82 Å². The lowest BCUT2D eigenvalue weighted by Crippen LogP contribution is -2.16. The van der Waals surface area contributed by atoms with Gasteiger partial charge in [0.05, 0.1) is 13.3 Å². The van der Waals surface area contributed by atoms with Crippen LogP contribution in [0.25, 0.3) is 0 Å². The molecule has 0 fully saturated rings. The minimum absolute atomic E-state index is 0.195. The van der Waals surface area contributed by atoms with Gasteiger partial charge in [-0.15, -0.1) is 0 Å². The van der Waals surface area contributed by atoms with Gasteiger partial charge >= 0.3 is 6.01 Å². The fraction of sp³-hybridized carbons (Fsp3) is 0.636. The van der Waals surface area contributed by atoms with Crippen LogP contribution in [0.1, 0.15) is 19.8 Å². The molecule has 0 amide bonds. The molecule has 1 aromatic rings. The number of nitrogens with one attached hydrogen (secondary N) is 1. The minimum Gasteiger partial charge on any atom is -0.467 e. The second-order valence-electron chi connectivity index (χ2n) is 3.72. The molecule has 0 spiro atoms. The summed E-state index contributed by atoms with van der Waals surface area (Å²) >= 11 is 5.96. The maximum Gasteiger partial charge on any atom is 0.318 e. The summed E-state index contributed by atoms with van der Waals surface area (Å²) in [7, 11) is 1.51. The van der Waals surface area contributed by atoms with Crippen LogP contribution in [0, 0.1) is 5.92 Å². The van der Waals surface area contributed by atoms with Crippen LogP contribution in [-0.4, -0.2) is 35.3 Å². The highest BCUT2D eigenvalue weighted by Crippen LogP contribution is 2.21. The molecule has 0 aromatic carbocycles. The second kappa shape index (κ2) is 7.29. The Morgan fingerprint density at radius 1 is 1.59 bits per heavy atom. The van der Waals surface area contributed by atoms with Crippen molar-refractivity contribution < 1.29 is 9.84 Å². The second-order valence-corrected chi connectivity index (χ2v) is 4.13. The van der Waals surface area contributed by atoms with Crippen LogP contribution < -0.4 is 10.1 Å². The molecule has 1 rings (SSSR count). The van der Waals surface area contributed by atoms with Crippen molar-refractivity contribution in [1.82, 2.24) is 9.97 Å². The van der Waals surface area contributed by atoms with E-state index in [2.05, 4.69) is 22.2 Å². The topological polar surface area (TPSA) is 67.3 Å². The number of rotatable bonds is 7. The average Bonchev–Trinajstić information content (AvgIpc) is 2.36. The Morgan fingerprint density at radius 3 is 2.94 bits per heavy atom. The molecule has 1 aromatic heterocycles. The van der Waals surface area contributed by atoms with Crippen LogP contribution in [0.3, 0.4) is 0 Å². The molecule has 0 aliphatic heterocycles. The number of hydrogen-bond donors (Lipinski definition) is 2. The van der Waals surface area contributed by atoms with Gasteiger partial charge < -0.3 is 15.2 Å². The van der Waals surface area contributed by atoms with Crippen molar-refractivity contribution in [1.29, 1.82) is 0 Å². The molecule has 1 atom stereocenters. The van der Waals surface area contributed by atoms with Crippen LogP contribution in [0.4, 0.5) is 5.82 Å². The molecule has 5 nitrogen and oxygen atoms in total. The fourth-order valence-electron chi connectivity index (χ4n) is 1.45. The third-order valence-corrected chi connectivity index (χ3v) is 2.85. The number of methoxy groups -OCH3 is 1. The largest absolute Gasteiger partial charge is 0.467 e. The number of aliphatic hydroxyl groups is 1. The maximum atomic E-state index is 8.90. The number of aliphatic hydroxyl groups excluding tert-OH is 1. The van der Waals surface area contributed by atoms with Crippen LogP contribution in [0.5, 0.6) is 6.01 Å². The number of anilines is 1. The number of ether oxygens (including phenoxy) is 1. The van der Waals surface area contributed by atoms with E-state index >= 15 is 0 Å². The van der Waals surface area contributed by atoms with Gasteiger partial charge in [0.2, 0.25) is 0 Å². The highest BCUT2D eigenvalue weighted by atomic mass is 35.5. The molecule has 0 bridgehead atoms. The monoisotopic (exact) mass is 259 g/mol. The van der Waals surface area contributed by atoms with Gasteiger partial charge in [0.25, 0.3) is 0 Å². The third-order valence-electron chi connectivity index (χ3n) is 2.58. The van der Waals surface area contributed by atoms with E-state index in [9.17, 15) is 0 Å². The molecular weight excluding hydrogens is 242 g/mol. The van der Waals surface area contributed by atoms with Crippen LogP contribution in [-0.2, 0) is 0 Å². The first-order valence-corrected chi connectivity index (χ1v) is 6.00. The van der Waals surface area contributed by atoms with Crippen LogP contribution in [0.2, 0.25) is 5.02 Å². The van der Waals surface area contributed by atoms with Crippen LogP contribution >= 0.6 is 11.6 Å². The maximum absolute atomic E-state index is 8.90. The molecule has 6 heteroatoms. The number of nitrogens with zero attached hydrogens (tertiary/aromatic N) is 2. The molecule has 0 radical (unpaired) electrons. The smallest absolute Gasteiger partial charge is 0.318 e. The van der Waals surface area contributed by atoms with Gasteiger partial charge in [-0.05, 0) is 12.3 Å². The van der Waals surface area contributed by atoms with Gasteiger partial charge in [-0.3, -0.25) is 0 Å². The van der Waals surface area contributed by atoms with E-state index in [1.807, 2.05) is 0 Å². The summed E-state index contributed by atoms with van der Waals surface area (Å²) in [6, 6.07) is 0.284. The molecular formula is C11H18ClN3O2. The molecule has 1 unspecified atom stereocenters. The summed E-state index contributed by atoms with van der Waals surface area (Å²) in [6.45, 7) is 3.00. The van der Waals surface area contributed by atoms with Crippen molar-refractivity contribution in [3.05, 3.63) is 11.2 Å².